The van der Waals surface area contributed by atoms with E-state index in [4.69, 9.17) is 9.84 Å². The number of nitrogens with zero attached hydrogens (tertiary/aromatic N) is 6. The van der Waals surface area contributed by atoms with E-state index in [1.54, 1.807) is 12.1 Å². The number of fused-ring (bicyclic) bond motifs is 3. The number of hydrogen-bond acceptors (Lipinski definition) is 7. The zero-order valence-electron chi connectivity index (χ0n) is 14.3. The van der Waals surface area contributed by atoms with Gasteiger partial charge in [-0.3, -0.25) is 9.36 Å². The monoisotopic (exact) mass is 370 g/mol. The molecule has 1 N–H and O–H groups in total. The molecule has 0 atom stereocenters. The Morgan fingerprint density at radius 2 is 1.96 bits per heavy atom. The summed E-state index contributed by atoms with van der Waals surface area (Å²) in [5, 5.41) is 21.7. The van der Waals surface area contributed by atoms with Crippen molar-refractivity contribution in [1.29, 1.82) is 0 Å². The van der Waals surface area contributed by atoms with Gasteiger partial charge in [0.05, 0.1) is 31.0 Å². The van der Waals surface area contributed by atoms with Crippen LogP contribution in [0.15, 0.2) is 35.4 Å². The van der Waals surface area contributed by atoms with E-state index < -0.39 is 5.56 Å². The molecule has 4 rings (SSSR count). The fourth-order valence-corrected chi connectivity index (χ4v) is 2.92. The third kappa shape index (κ3) is 2.84. The zero-order valence-corrected chi connectivity index (χ0v) is 14.3. The fourth-order valence-electron chi connectivity index (χ4n) is 2.92. The van der Waals surface area contributed by atoms with E-state index in [-0.39, 0.29) is 36.7 Å². The third-order valence-corrected chi connectivity index (χ3v) is 4.13. The van der Waals surface area contributed by atoms with Gasteiger partial charge in [-0.1, -0.05) is 12.1 Å². The molecule has 1 aromatic carbocycles. The highest BCUT2D eigenvalue weighted by Crippen LogP contribution is 2.28. The first kappa shape index (κ1) is 17.2. The highest BCUT2D eigenvalue weighted by Gasteiger charge is 2.20. The summed E-state index contributed by atoms with van der Waals surface area (Å²) >= 11 is 0. The summed E-state index contributed by atoms with van der Waals surface area (Å²) in [7, 11) is 1.54. The standard InChI is InChI=1S/C17H15FN6O3/c1-27-8-12-13(10-2-4-11(18)5-3-10)15-21-20-14-16(24(15)22-12)19-9-23(6-7-25)17(14)26/h2-5,9,25H,6-8H2,1H3. The van der Waals surface area contributed by atoms with Crippen molar-refractivity contribution < 1.29 is 14.2 Å². The van der Waals surface area contributed by atoms with Crippen LogP contribution in [0.25, 0.3) is 27.9 Å². The van der Waals surface area contributed by atoms with E-state index in [0.29, 0.717) is 22.5 Å². The first-order chi connectivity index (χ1) is 13.1. The third-order valence-electron chi connectivity index (χ3n) is 4.13. The molecular formula is C17H15FN6O3. The lowest BCUT2D eigenvalue weighted by Crippen LogP contribution is -2.24. The van der Waals surface area contributed by atoms with Crippen LogP contribution in [-0.2, 0) is 17.9 Å². The number of benzene rings is 1. The molecule has 0 unspecified atom stereocenters. The number of aromatic nitrogens is 6. The number of halogens is 1. The van der Waals surface area contributed by atoms with Crippen molar-refractivity contribution in [3.8, 4) is 11.1 Å². The van der Waals surface area contributed by atoms with Crippen molar-refractivity contribution in [1.82, 2.24) is 29.4 Å². The van der Waals surface area contributed by atoms with Gasteiger partial charge < -0.3 is 9.84 Å². The van der Waals surface area contributed by atoms with Crippen molar-refractivity contribution in [2.75, 3.05) is 13.7 Å². The first-order valence-electron chi connectivity index (χ1n) is 8.13. The molecule has 27 heavy (non-hydrogen) atoms. The van der Waals surface area contributed by atoms with E-state index in [9.17, 15) is 9.18 Å². The van der Waals surface area contributed by atoms with Gasteiger partial charge in [-0.05, 0) is 17.7 Å². The number of methoxy groups -OCH3 is 1. The minimum absolute atomic E-state index is 0.0376. The van der Waals surface area contributed by atoms with Gasteiger partial charge in [0.2, 0.25) is 0 Å². The summed E-state index contributed by atoms with van der Waals surface area (Å²) in [5.74, 6) is -0.355. The van der Waals surface area contributed by atoms with Crippen LogP contribution in [0.5, 0.6) is 0 Å². The summed E-state index contributed by atoms with van der Waals surface area (Å²) in [6.45, 7) is 0.104. The predicted molar refractivity (Wildman–Crippen MR) is 93.5 cm³/mol. The Kier molecular flexibility index (Phi) is 4.34. The molecule has 0 bridgehead atoms. The summed E-state index contributed by atoms with van der Waals surface area (Å²) in [5.41, 5.74) is 2.13. The molecule has 0 fully saturated rings. The van der Waals surface area contributed by atoms with Crippen LogP contribution in [0.4, 0.5) is 4.39 Å². The molecule has 0 aliphatic rings. The quantitative estimate of drug-likeness (QED) is 0.553. The van der Waals surface area contributed by atoms with Crippen molar-refractivity contribution in [2.24, 2.45) is 0 Å². The second-order valence-corrected chi connectivity index (χ2v) is 5.84. The summed E-state index contributed by atoms with van der Waals surface area (Å²) in [6, 6.07) is 5.92. The largest absolute Gasteiger partial charge is 0.395 e. The van der Waals surface area contributed by atoms with Crippen molar-refractivity contribution in [3.63, 3.8) is 0 Å². The molecule has 3 aromatic heterocycles. The number of aliphatic hydroxyl groups is 1. The molecule has 0 amide bonds. The summed E-state index contributed by atoms with van der Waals surface area (Å²) in [6.07, 6.45) is 1.33. The molecule has 10 heteroatoms. The van der Waals surface area contributed by atoms with Crippen LogP contribution < -0.4 is 5.56 Å². The van der Waals surface area contributed by atoms with Crippen LogP contribution in [0.1, 0.15) is 5.69 Å². The average Bonchev–Trinajstić information content (AvgIpc) is 3.03. The van der Waals surface area contributed by atoms with E-state index in [2.05, 4.69) is 20.3 Å². The van der Waals surface area contributed by atoms with Crippen LogP contribution in [0.3, 0.4) is 0 Å². The van der Waals surface area contributed by atoms with Crippen molar-refractivity contribution >= 4 is 16.8 Å². The molecular weight excluding hydrogens is 355 g/mol. The Hall–Kier alpha value is -3.24. The maximum absolute atomic E-state index is 13.3. The van der Waals surface area contributed by atoms with E-state index in [1.165, 1.54) is 34.7 Å². The molecule has 0 spiro atoms. The van der Waals surface area contributed by atoms with Crippen LogP contribution in [0.2, 0.25) is 0 Å². The number of ether oxygens (including phenoxy) is 1. The van der Waals surface area contributed by atoms with Gasteiger partial charge in [-0.2, -0.15) is 9.61 Å². The lowest BCUT2D eigenvalue weighted by molar-refractivity contribution is 0.181. The van der Waals surface area contributed by atoms with Gasteiger partial charge in [-0.15, -0.1) is 10.2 Å². The molecule has 3 heterocycles. The Morgan fingerprint density at radius 3 is 2.67 bits per heavy atom. The Labute approximate surface area is 151 Å². The molecule has 0 aliphatic heterocycles. The Balaban J connectivity index is 2.02. The lowest BCUT2D eigenvalue weighted by atomic mass is 10.1. The maximum Gasteiger partial charge on any atom is 0.283 e. The van der Waals surface area contributed by atoms with Gasteiger partial charge >= 0.3 is 0 Å². The van der Waals surface area contributed by atoms with Gasteiger partial charge in [-0.25, -0.2) is 9.37 Å². The van der Waals surface area contributed by atoms with E-state index in [1.807, 2.05) is 0 Å². The van der Waals surface area contributed by atoms with Crippen LogP contribution >= 0.6 is 0 Å². The molecule has 9 nitrogen and oxygen atoms in total. The minimum Gasteiger partial charge on any atom is -0.395 e. The highest BCUT2D eigenvalue weighted by atomic mass is 19.1. The number of aliphatic hydroxyl groups excluding tert-OH is 1. The SMILES string of the molecule is COCc1nn2c(nnc3c(=O)n(CCO)cnc32)c1-c1ccc(F)cc1. The van der Waals surface area contributed by atoms with Gasteiger partial charge in [0.25, 0.3) is 5.56 Å². The van der Waals surface area contributed by atoms with Gasteiger partial charge in [0.15, 0.2) is 16.8 Å². The highest BCUT2D eigenvalue weighted by molar-refractivity contribution is 5.83. The van der Waals surface area contributed by atoms with Crippen molar-refractivity contribution in [2.45, 2.75) is 13.2 Å². The second kappa shape index (κ2) is 6.82. The fraction of sp³-hybridized carbons (Fsp3) is 0.235. The smallest absolute Gasteiger partial charge is 0.283 e. The topological polar surface area (TPSA) is 107 Å². The predicted octanol–water partition coefficient (Wildman–Crippen LogP) is 0.779. The number of rotatable bonds is 5. The minimum atomic E-state index is -0.421. The average molecular weight is 370 g/mol. The molecule has 4 aromatic rings. The first-order valence-corrected chi connectivity index (χ1v) is 8.13. The zero-order chi connectivity index (χ0) is 19.0. The van der Waals surface area contributed by atoms with Crippen LogP contribution in [-0.4, -0.2) is 48.2 Å². The molecule has 0 saturated carbocycles. The van der Waals surface area contributed by atoms with Gasteiger partial charge in [0, 0.05) is 7.11 Å². The Bertz CT molecular complexity index is 1190. The summed E-state index contributed by atoms with van der Waals surface area (Å²) in [4.78, 5) is 16.7. The molecule has 0 aliphatic carbocycles. The molecule has 0 radical (unpaired) electrons. The maximum atomic E-state index is 13.3. The molecule has 0 saturated heterocycles. The Morgan fingerprint density at radius 1 is 1.19 bits per heavy atom. The second-order valence-electron chi connectivity index (χ2n) is 5.84. The summed E-state index contributed by atoms with van der Waals surface area (Å²) < 4.78 is 21.2. The van der Waals surface area contributed by atoms with E-state index >= 15 is 0 Å². The lowest BCUT2D eigenvalue weighted by Gasteiger charge is -2.05. The van der Waals surface area contributed by atoms with Crippen LogP contribution in [0, 0.1) is 5.82 Å². The normalized spacial score (nSPS) is 11.5. The van der Waals surface area contributed by atoms with E-state index in [0.717, 1.165) is 0 Å². The molecule has 138 valence electrons. The van der Waals surface area contributed by atoms with Crippen molar-refractivity contribution in [3.05, 3.63) is 52.5 Å². The van der Waals surface area contributed by atoms with Gasteiger partial charge in [0.1, 0.15) is 12.1 Å². The number of hydrogen-bond donors (Lipinski definition) is 1.